The van der Waals surface area contributed by atoms with Gasteiger partial charge in [-0.05, 0) is 25.3 Å². The third kappa shape index (κ3) is 6.92. The molecule has 7 nitrogen and oxygen atoms in total. The van der Waals surface area contributed by atoms with Crippen LogP contribution >= 0.6 is 24.0 Å². The number of rotatable bonds is 7. The summed E-state index contributed by atoms with van der Waals surface area (Å²) in [5.41, 5.74) is 0. The number of piperidine rings is 1. The van der Waals surface area contributed by atoms with E-state index >= 15 is 0 Å². The molecular weight excluding hydrogens is 417 g/mol. The van der Waals surface area contributed by atoms with E-state index in [0.717, 1.165) is 50.3 Å². The Morgan fingerprint density at radius 1 is 1.33 bits per heavy atom. The van der Waals surface area contributed by atoms with Crippen LogP contribution in [-0.4, -0.2) is 65.4 Å². The van der Waals surface area contributed by atoms with E-state index in [1.54, 1.807) is 6.33 Å². The van der Waals surface area contributed by atoms with Crippen LogP contribution in [0.1, 0.15) is 32.5 Å². The molecule has 1 unspecified atom stereocenters. The van der Waals surface area contributed by atoms with Crippen molar-refractivity contribution in [1.29, 1.82) is 0 Å². The van der Waals surface area contributed by atoms with E-state index in [1.807, 2.05) is 7.05 Å². The maximum Gasteiger partial charge on any atom is 0.191 e. The standard InChI is InChI=1S/C16H31N7.HI/c1-4-15-21-20-13-23(15)11-8-19-16(17-3)18-7-10-22-9-5-6-14(2)12-22;/h13-14H,4-12H2,1-3H3,(H2,17,18,19);1H. The maximum absolute atomic E-state index is 4.28. The van der Waals surface area contributed by atoms with Crippen LogP contribution in [0.2, 0.25) is 0 Å². The molecule has 0 saturated carbocycles. The van der Waals surface area contributed by atoms with Gasteiger partial charge in [-0.25, -0.2) is 0 Å². The van der Waals surface area contributed by atoms with Crippen molar-refractivity contribution in [1.82, 2.24) is 30.3 Å². The van der Waals surface area contributed by atoms with Crippen molar-refractivity contribution in [2.75, 3.05) is 39.8 Å². The highest BCUT2D eigenvalue weighted by molar-refractivity contribution is 14.0. The van der Waals surface area contributed by atoms with Crippen molar-refractivity contribution < 1.29 is 0 Å². The fourth-order valence-corrected chi connectivity index (χ4v) is 3.08. The summed E-state index contributed by atoms with van der Waals surface area (Å²) >= 11 is 0. The van der Waals surface area contributed by atoms with Gasteiger partial charge in [-0.1, -0.05) is 13.8 Å². The molecule has 1 saturated heterocycles. The van der Waals surface area contributed by atoms with E-state index in [9.17, 15) is 0 Å². The number of nitrogens with one attached hydrogen (secondary N) is 2. The Bertz CT molecular complexity index is 489. The predicted molar refractivity (Wildman–Crippen MR) is 109 cm³/mol. The molecule has 2 N–H and O–H groups in total. The van der Waals surface area contributed by atoms with E-state index in [4.69, 9.17) is 0 Å². The van der Waals surface area contributed by atoms with Crippen molar-refractivity contribution in [2.24, 2.45) is 10.9 Å². The summed E-state index contributed by atoms with van der Waals surface area (Å²) in [5, 5.41) is 14.8. The lowest BCUT2D eigenvalue weighted by Crippen LogP contribution is -2.44. The SMILES string of the molecule is CCc1nncn1CCNC(=NC)NCCN1CCCC(C)C1.I. The van der Waals surface area contributed by atoms with Gasteiger partial charge in [0.25, 0.3) is 0 Å². The lowest BCUT2D eigenvalue weighted by Gasteiger charge is -2.30. The first kappa shape index (κ1) is 21.1. The molecule has 0 radical (unpaired) electrons. The van der Waals surface area contributed by atoms with E-state index in [2.05, 4.69) is 49.1 Å². The first-order valence-electron chi connectivity index (χ1n) is 8.76. The van der Waals surface area contributed by atoms with E-state index < -0.39 is 0 Å². The Morgan fingerprint density at radius 3 is 2.75 bits per heavy atom. The minimum atomic E-state index is 0. The third-order valence-corrected chi connectivity index (χ3v) is 4.34. The quantitative estimate of drug-likeness (QED) is 0.374. The molecule has 138 valence electrons. The Hall–Kier alpha value is -0.900. The molecule has 2 rings (SSSR count). The number of aromatic nitrogens is 3. The molecule has 1 aliphatic heterocycles. The van der Waals surface area contributed by atoms with Gasteiger partial charge in [0.05, 0.1) is 0 Å². The first-order chi connectivity index (χ1) is 11.2. The van der Waals surface area contributed by atoms with Gasteiger partial charge in [-0.3, -0.25) is 4.99 Å². The second kappa shape index (κ2) is 11.6. The fraction of sp³-hybridized carbons (Fsp3) is 0.812. The average Bonchev–Trinajstić information content (AvgIpc) is 3.01. The molecule has 1 fully saturated rings. The third-order valence-electron chi connectivity index (χ3n) is 4.34. The van der Waals surface area contributed by atoms with Gasteiger partial charge in [0.15, 0.2) is 5.96 Å². The monoisotopic (exact) mass is 449 g/mol. The molecule has 8 heteroatoms. The van der Waals surface area contributed by atoms with Gasteiger partial charge in [0.2, 0.25) is 0 Å². The van der Waals surface area contributed by atoms with E-state index in [1.165, 1.54) is 25.9 Å². The number of likely N-dealkylation sites (tertiary alicyclic amines) is 1. The molecule has 24 heavy (non-hydrogen) atoms. The number of hydrogen-bond acceptors (Lipinski definition) is 4. The second-order valence-electron chi connectivity index (χ2n) is 6.27. The summed E-state index contributed by atoms with van der Waals surface area (Å²) in [6, 6.07) is 0. The van der Waals surface area contributed by atoms with Gasteiger partial charge in [0.1, 0.15) is 12.2 Å². The van der Waals surface area contributed by atoms with Crippen LogP contribution in [0.15, 0.2) is 11.3 Å². The Morgan fingerprint density at radius 2 is 2.08 bits per heavy atom. The van der Waals surface area contributed by atoms with E-state index in [-0.39, 0.29) is 24.0 Å². The number of halogens is 1. The molecule has 0 aliphatic carbocycles. The number of aliphatic imine (C=N–C) groups is 1. The second-order valence-corrected chi connectivity index (χ2v) is 6.27. The molecule has 2 heterocycles. The molecule has 0 aromatic carbocycles. The average molecular weight is 449 g/mol. The Labute approximate surface area is 162 Å². The van der Waals surface area contributed by atoms with Crippen molar-refractivity contribution in [2.45, 2.75) is 39.7 Å². The normalized spacial score (nSPS) is 19.0. The molecule has 0 bridgehead atoms. The summed E-state index contributed by atoms with van der Waals surface area (Å²) in [6.45, 7) is 10.6. The van der Waals surface area contributed by atoms with Gasteiger partial charge >= 0.3 is 0 Å². The lowest BCUT2D eigenvalue weighted by molar-refractivity contribution is 0.187. The summed E-state index contributed by atoms with van der Waals surface area (Å²) in [6.07, 6.45) is 5.39. The van der Waals surface area contributed by atoms with Gasteiger partial charge in [-0.2, -0.15) is 0 Å². The highest BCUT2D eigenvalue weighted by Gasteiger charge is 2.15. The molecule has 1 atom stereocenters. The van der Waals surface area contributed by atoms with Crippen molar-refractivity contribution in [3.8, 4) is 0 Å². The summed E-state index contributed by atoms with van der Waals surface area (Å²) < 4.78 is 2.08. The molecule has 0 amide bonds. The largest absolute Gasteiger partial charge is 0.355 e. The van der Waals surface area contributed by atoms with Gasteiger partial charge in [-0.15, -0.1) is 34.2 Å². The summed E-state index contributed by atoms with van der Waals surface area (Å²) in [4.78, 5) is 6.82. The number of guanidine groups is 1. The zero-order chi connectivity index (χ0) is 16.5. The summed E-state index contributed by atoms with van der Waals surface area (Å²) in [7, 11) is 1.81. The number of aryl methyl sites for hydroxylation is 1. The lowest BCUT2D eigenvalue weighted by atomic mass is 10.0. The highest BCUT2D eigenvalue weighted by atomic mass is 127. The van der Waals surface area contributed by atoms with Crippen molar-refractivity contribution in [3.63, 3.8) is 0 Å². The van der Waals surface area contributed by atoms with Crippen LogP contribution in [0, 0.1) is 5.92 Å². The number of hydrogen-bond donors (Lipinski definition) is 2. The maximum atomic E-state index is 4.28. The zero-order valence-electron chi connectivity index (χ0n) is 15.2. The topological polar surface area (TPSA) is 70.4 Å². The number of nitrogens with zero attached hydrogens (tertiary/aromatic N) is 5. The smallest absolute Gasteiger partial charge is 0.191 e. The Kier molecular flexibility index (Phi) is 10.2. The van der Waals surface area contributed by atoms with Crippen LogP contribution in [0.4, 0.5) is 0 Å². The molecule has 1 aliphatic rings. The first-order valence-corrected chi connectivity index (χ1v) is 8.76. The van der Waals surface area contributed by atoms with Crippen LogP contribution in [0.3, 0.4) is 0 Å². The van der Waals surface area contributed by atoms with Crippen LogP contribution < -0.4 is 10.6 Å². The molecule has 1 aromatic rings. The summed E-state index contributed by atoms with van der Waals surface area (Å²) in [5.74, 6) is 2.72. The van der Waals surface area contributed by atoms with Crippen molar-refractivity contribution >= 4 is 29.9 Å². The van der Waals surface area contributed by atoms with Crippen LogP contribution in [-0.2, 0) is 13.0 Å². The molecule has 0 spiro atoms. The van der Waals surface area contributed by atoms with Gasteiger partial charge < -0.3 is 20.1 Å². The Balaban J connectivity index is 0.00000288. The zero-order valence-corrected chi connectivity index (χ0v) is 17.5. The van der Waals surface area contributed by atoms with Gasteiger partial charge in [0, 0.05) is 46.2 Å². The van der Waals surface area contributed by atoms with Crippen LogP contribution in [0.5, 0.6) is 0 Å². The minimum absolute atomic E-state index is 0. The molecular formula is C16H32IN7. The highest BCUT2D eigenvalue weighted by Crippen LogP contribution is 2.14. The molecule has 1 aromatic heterocycles. The van der Waals surface area contributed by atoms with E-state index in [0.29, 0.717) is 0 Å². The van der Waals surface area contributed by atoms with Crippen LogP contribution in [0.25, 0.3) is 0 Å². The fourth-order valence-electron chi connectivity index (χ4n) is 3.08. The predicted octanol–water partition coefficient (Wildman–Crippen LogP) is 1.36. The minimum Gasteiger partial charge on any atom is -0.355 e. The van der Waals surface area contributed by atoms with Crippen molar-refractivity contribution in [3.05, 3.63) is 12.2 Å².